The molecular formula is C6H16Br2N+. The Morgan fingerprint density at radius 2 is 1.67 bits per heavy atom. The molecule has 0 amide bonds. The Kier molecular flexibility index (Phi) is 7.95. The number of hydrogen-bond acceptors (Lipinski definition) is 0. The van der Waals surface area contributed by atoms with E-state index in [2.05, 4.69) is 37.1 Å². The molecule has 0 saturated heterocycles. The maximum Gasteiger partial charge on any atom is 0.0788 e. The molecule has 0 N–H and O–H groups in total. The number of hydrogen-bond donors (Lipinski definition) is 0. The van der Waals surface area contributed by atoms with Crippen LogP contribution in [-0.2, 0) is 0 Å². The maximum atomic E-state index is 3.39. The van der Waals surface area contributed by atoms with Crippen LogP contribution < -0.4 is 0 Å². The van der Waals surface area contributed by atoms with E-state index in [-0.39, 0.29) is 17.0 Å². The minimum atomic E-state index is 0. The van der Waals surface area contributed by atoms with Crippen LogP contribution in [0.4, 0.5) is 0 Å². The highest BCUT2D eigenvalue weighted by Gasteiger charge is 2.03. The zero-order chi connectivity index (χ0) is 6.62. The summed E-state index contributed by atoms with van der Waals surface area (Å²) in [4.78, 5) is 0. The monoisotopic (exact) mass is 260 g/mol. The third kappa shape index (κ3) is 12.2. The van der Waals surface area contributed by atoms with Gasteiger partial charge in [0.15, 0.2) is 0 Å². The smallest absolute Gasteiger partial charge is 0.0788 e. The molecule has 0 aromatic heterocycles. The quantitative estimate of drug-likeness (QED) is 0.539. The molecule has 3 heteroatoms. The molecule has 0 unspecified atom stereocenters. The molecule has 0 aliphatic carbocycles. The predicted molar refractivity (Wildman–Crippen MR) is 51.6 cm³/mol. The van der Waals surface area contributed by atoms with E-state index < -0.39 is 0 Å². The van der Waals surface area contributed by atoms with Crippen molar-refractivity contribution in [3.63, 3.8) is 0 Å². The third-order valence-electron chi connectivity index (χ3n) is 0.963. The lowest BCUT2D eigenvalue weighted by Gasteiger charge is -2.22. The fourth-order valence-corrected chi connectivity index (χ4v) is 0.785. The van der Waals surface area contributed by atoms with Gasteiger partial charge >= 0.3 is 0 Å². The Morgan fingerprint density at radius 1 is 1.22 bits per heavy atom. The number of halogens is 2. The highest BCUT2D eigenvalue weighted by molar-refractivity contribution is 9.09. The molecule has 0 atom stereocenters. The molecule has 0 fully saturated rings. The van der Waals surface area contributed by atoms with Gasteiger partial charge in [-0.15, -0.1) is 17.0 Å². The molecular weight excluding hydrogens is 246 g/mol. The minimum Gasteiger partial charge on any atom is -0.331 e. The molecule has 1 nitrogen and oxygen atoms in total. The zero-order valence-electron chi connectivity index (χ0n) is 6.35. The van der Waals surface area contributed by atoms with Gasteiger partial charge in [0.25, 0.3) is 0 Å². The van der Waals surface area contributed by atoms with Gasteiger partial charge in [-0.2, -0.15) is 0 Å². The van der Waals surface area contributed by atoms with E-state index in [9.17, 15) is 0 Å². The maximum absolute atomic E-state index is 3.39. The van der Waals surface area contributed by atoms with Crippen LogP contribution in [0.1, 0.15) is 6.42 Å². The van der Waals surface area contributed by atoms with E-state index in [0.717, 1.165) is 9.81 Å². The van der Waals surface area contributed by atoms with Crippen molar-refractivity contribution >= 4 is 32.9 Å². The van der Waals surface area contributed by atoms with Crippen LogP contribution in [0, 0.1) is 0 Å². The molecule has 0 rings (SSSR count). The molecule has 0 aliphatic rings. The number of rotatable bonds is 3. The Bertz CT molecular complexity index is 58.6. The van der Waals surface area contributed by atoms with Gasteiger partial charge in [0.2, 0.25) is 0 Å². The minimum absolute atomic E-state index is 0. The van der Waals surface area contributed by atoms with Gasteiger partial charge in [-0.3, -0.25) is 0 Å². The molecule has 9 heavy (non-hydrogen) atoms. The van der Waals surface area contributed by atoms with E-state index in [0.29, 0.717) is 0 Å². The number of alkyl halides is 1. The summed E-state index contributed by atoms with van der Waals surface area (Å²) in [5.41, 5.74) is 0. The average Bonchev–Trinajstić information content (AvgIpc) is 1.59. The second-order valence-corrected chi connectivity index (χ2v) is 3.85. The lowest BCUT2D eigenvalue weighted by molar-refractivity contribution is -0.870. The molecule has 0 aliphatic heterocycles. The Morgan fingerprint density at radius 3 is 1.78 bits per heavy atom. The summed E-state index contributed by atoms with van der Waals surface area (Å²) in [6.45, 7) is 1.26. The first-order valence-electron chi connectivity index (χ1n) is 2.93. The molecule has 0 heterocycles. The SMILES string of the molecule is Br.C[N+](C)(C)CCCBr. The number of nitrogens with zero attached hydrogens (tertiary/aromatic N) is 1. The van der Waals surface area contributed by atoms with Crippen molar-refractivity contribution in [1.29, 1.82) is 0 Å². The summed E-state index contributed by atoms with van der Waals surface area (Å²) in [7, 11) is 6.63. The lowest BCUT2D eigenvalue weighted by atomic mass is 10.4. The van der Waals surface area contributed by atoms with Crippen LogP contribution in [0.3, 0.4) is 0 Å². The van der Waals surface area contributed by atoms with E-state index in [1.807, 2.05) is 0 Å². The topological polar surface area (TPSA) is 0 Å². The van der Waals surface area contributed by atoms with Crippen LogP contribution in [0.15, 0.2) is 0 Å². The normalized spacial score (nSPS) is 10.7. The molecule has 58 valence electrons. The summed E-state index contributed by atoms with van der Waals surface area (Å²) in [6.07, 6.45) is 1.27. The summed E-state index contributed by atoms with van der Waals surface area (Å²) in [5.74, 6) is 0. The summed E-state index contributed by atoms with van der Waals surface area (Å²) in [5, 5.41) is 1.13. The van der Waals surface area contributed by atoms with Gasteiger partial charge in [-0.1, -0.05) is 15.9 Å². The van der Waals surface area contributed by atoms with E-state index in [1.54, 1.807) is 0 Å². The first-order valence-corrected chi connectivity index (χ1v) is 4.05. The highest BCUT2D eigenvalue weighted by atomic mass is 79.9. The summed E-state index contributed by atoms with van der Waals surface area (Å²) >= 11 is 3.39. The Hall–Kier alpha value is 0.920. The van der Waals surface area contributed by atoms with Crippen molar-refractivity contribution in [2.75, 3.05) is 33.0 Å². The zero-order valence-corrected chi connectivity index (χ0v) is 9.65. The third-order valence-corrected chi connectivity index (χ3v) is 1.52. The second-order valence-electron chi connectivity index (χ2n) is 3.06. The lowest BCUT2D eigenvalue weighted by Crippen LogP contribution is -2.35. The van der Waals surface area contributed by atoms with Crippen molar-refractivity contribution in [1.82, 2.24) is 0 Å². The highest BCUT2D eigenvalue weighted by Crippen LogP contribution is 1.95. The van der Waals surface area contributed by atoms with Gasteiger partial charge < -0.3 is 4.48 Å². The largest absolute Gasteiger partial charge is 0.331 e. The van der Waals surface area contributed by atoms with Crippen molar-refractivity contribution < 1.29 is 4.48 Å². The van der Waals surface area contributed by atoms with Crippen molar-refractivity contribution in [2.45, 2.75) is 6.42 Å². The van der Waals surface area contributed by atoms with Crippen LogP contribution in [0.5, 0.6) is 0 Å². The van der Waals surface area contributed by atoms with Crippen molar-refractivity contribution in [2.24, 2.45) is 0 Å². The van der Waals surface area contributed by atoms with Crippen LogP contribution in [0.2, 0.25) is 0 Å². The molecule has 0 spiro atoms. The fraction of sp³-hybridized carbons (Fsp3) is 1.00. The molecule has 0 bridgehead atoms. The predicted octanol–water partition coefficient (Wildman–Crippen LogP) is 2.06. The van der Waals surface area contributed by atoms with Gasteiger partial charge in [0.05, 0.1) is 27.7 Å². The van der Waals surface area contributed by atoms with Gasteiger partial charge in [-0.05, 0) is 0 Å². The standard InChI is InChI=1S/C6H15BrN.BrH/c1-8(2,3)6-4-5-7;/h4-6H2,1-3H3;1H/q+1;. The molecule has 0 saturated carbocycles. The Labute approximate surface area is 76.9 Å². The first-order chi connectivity index (χ1) is 3.56. The van der Waals surface area contributed by atoms with Gasteiger partial charge in [0, 0.05) is 11.8 Å². The van der Waals surface area contributed by atoms with Crippen LogP contribution in [-0.4, -0.2) is 37.5 Å². The summed E-state index contributed by atoms with van der Waals surface area (Å²) in [6, 6.07) is 0. The van der Waals surface area contributed by atoms with Gasteiger partial charge in [0.1, 0.15) is 0 Å². The molecule has 0 aromatic rings. The van der Waals surface area contributed by atoms with E-state index >= 15 is 0 Å². The van der Waals surface area contributed by atoms with Crippen LogP contribution >= 0.6 is 32.9 Å². The van der Waals surface area contributed by atoms with Crippen LogP contribution in [0.25, 0.3) is 0 Å². The molecule has 0 aromatic carbocycles. The Balaban J connectivity index is 0. The second kappa shape index (κ2) is 5.69. The van der Waals surface area contributed by atoms with Crippen molar-refractivity contribution in [3.8, 4) is 0 Å². The van der Waals surface area contributed by atoms with Crippen molar-refractivity contribution in [3.05, 3.63) is 0 Å². The van der Waals surface area contributed by atoms with E-state index in [4.69, 9.17) is 0 Å². The summed E-state index contributed by atoms with van der Waals surface area (Å²) < 4.78 is 1.08. The average molecular weight is 262 g/mol. The fourth-order valence-electron chi connectivity index (χ4n) is 0.534. The first kappa shape index (κ1) is 12.6. The number of quaternary nitrogens is 1. The molecule has 0 radical (unpaired) electrons. The van der Waals surface area contributed by atoms with E-state index in [1.165, 1.54) is 13.0 Å². The van der Waals surface area contributed by atoms with Gasteiger partial charge in [-0.25, -0.2) is 0 Å².